The van der Waals surface area contributed by atoms with Crippen LogP contribution in [0.2, 0.25) is 0 Å². The van der Waals surface area contributed by atoms with Crippen LogP contribution in [0.1, 0.15) is 60.3 Å². The minimum absolute atomic E-state index is 0.392. The fourth-order valence-corrected chi connectivity index (χ4v) is 1.24. The fraction of sp³-hybridized carbons (Fsp3) is 1.00. The van der Waals surface area contributed by atoms with Gasteiger partial charge in [-0.05, 0) is 18.3 Å². The Hall–Kier alpha value is -0.200. The molecule has 134 valence electrons. The summed E-state index contributed by atoms with van der Waals surface area (Å²) in [6.07, 6.45) is 3.36. The van der Waals surface area contributed by atoms with Crippen molar-refractivity contribution in [1.29, 1.82) is 0 Å². The second kappa shape index (κ2) is 12.3. The van der Waals surface area contributed by atoms with E-state index in [-0.39, 0.29) is 0 Å². The van der Waals surface area contributed by atoms with Gasteiger partial charge in [0.2, 0.25) is 0 Å². The zero-order valence-electron chi connectivity index (χ0n) is 15.0. The fourth-order valence-electron chi connectivity index (χ4n) is 1.24. The smallest absolute Gasteiger partial charge is 0.151 e. The van der Waals surface area contributed by atoms with Crippen LogP contribution in [0, 0.1) is 5.41 Å². The van der Waals surface area contributed by atoms with Gasteiger partial charge in [0.25, 0.3) is 0 Å². The molecule has 2 unspecified atom stereocenters. The summed E-state index contributed by atoms with van der Waals surface area (Å²) in [6, 6.07) is 0. The molecule has 0 amide bonds. The molecule has 2 fully saturated rings. The van der Waals surface area contributed by atoms with Crippen LogP contribution >= 0.6 is 0 Å². The molecule has 2 atom stereocenters. The molecule has 2 rings (SSSR count). The van der Waals surface area contributed by atoms with Crippen molar-refractivity contribution in [2.75, 3.05) is 26.4 Å². The van der Waals surface area contributed by atoms with Crippen molar-refractivity contribution in [2.24, 2.45) is 5.41 Å². The van der Waals surface area contributed by atoms with Crippen molar-refractivity contribution in [3.63, 3.8) is 0 Å². The predicted molar refractivity (Wildman–Crippen MR) is 87.8 cm³/mol. The molecule has 0 bridgehead atoms. The summed E-state index contributed by atoms with van der Waals surface area (Å²) < 4.78 is 15.1. The van der Waals surface area contributed by atoms with Crippen LogP contribution in [-0.2, 0) is 14.2 Å². The molecule has 2 heterocycles. The van der Waals surface area contributed by atoms with Crippen molar-refractivity contribution in [3.05, 3.63) is 0 Å². The molecule has 0 aromatic rings. The second-order valence-electron chi connectivity index (χ2n) is 7.42. The highest BCUT2D eigenvalue weighted by molar-refractivity contribution is 4.71. The first-order chi connectivity index (χ1) is 10.2. The molecule has 0 aromatic heterocycles. The second-order valence-corrected chi connectivity index (χ2v) is 7.42. The molecule has 0 radical (unpaired) electrons. The lowest BCUT2D eigenvalue weighted by atomic mass is 10.0. The maximum absolute atomic E-state index is 8.33. The van der Waals surface area contributed by atoms with E-state index < -0.39 is 6.29 Å². The Balaban J connectivity index is 0.000000316. The Labute approximate surface area is 136 Å². The number of aliphatic hydroxyl groups excluding tert-OH is 1. The summed E-state index contributed by atoms with van der Waals surface area (Å²) >= 11 is 0. The number of hydrogen-bond donors (Lipinski definition) is 2. The van der Waals surface area contributed by atoms with E-state index in [0.29, 0.717) is 24.0 Å². The Morgan fingerprint density at radius 2 is 1.41 bits per heavy atom. The summed E-state index contributed by atoms with van der Waals surface area (Å²) in [5, 5.41) is 16.7. The summed E-state index contributed by atoms with van der Waals surface area (Å²) in [4.78, 5) is 0. The number of rotatable bonds is 8. The average molecular weight is 320 g/mol. The Morgan fingerprint density at radius 3 is 1.68 bits per heavy atom. The van der Waals surface area contributed by atoms with Crippen LogP contribution in [0.5, 0.6) is 0 Å². The van der Waals surface area contributed by atoms with E-state index >= 15 is 0 Å². The van der Waals surface area contributed by atoms with E-state index in [9.17, 15) is 0 Å². The zero-order chi connectivity index (χ0) is 17.0. The van der Waals surface area contributed by atoms with Gasteiger partial charge in [-0.2, -0.15) is 0 Å². The molecular formula is C17H36O5. The van der Waals surface area contributed by atoms with Crippen LogP contribution in [0.15, 0.2) is 0 Å². The molecule has 5 heteroatoms. The Bertz CT molecular complexity index is 224. The number of unbranched alkanes of at least 4 members (excludes halogenated alkanes) is 2. The molecule has 0 aliphatic carbocycles. The van der Waals surface area contributed by atoms with Crippen molar-refractivity contribution in [3.8, 4) is 0 Å². The van der Waals surface area contributed by atoms with Crippen LogP contribution in [0.25, 0.3) is 0 Å². The number of aliphatic hydroxyl groups is 2. The van der Waals surface area contributed by atoms with Crippen LogP contribution in [-0.4, -0.2) is 55.1 Å². The summed E-state index contributed by atoms with van der Waals surface area (Å²) in [6.45, 7) is 14.1. The van der Waals surface area contributed by atoms with E-state index in [2.05, 4.69) is 34.6 Å². The quantitative estimate of drug-likeness (QED) is 0.409. The third-order valence-corrected chi connectivity index (χ3v) is 2.48. The predicted octanol–water partition coefficient (Wildman–Crippen LogP) is 2.73. The molecule has 0 aromatic carbocycles. The lowest BCUT2D eigenvalue weighted by Gasteiger charge is -2.05. The van der Waals surface area contributed by atoms with Crippen LogP contribution < -0.4 is 0 Å². The van der Waals surface area contributed by atoms with E-state index in [0.717, 1.165) is 45.7 Å². The zero-order valence-corrected chi connectivity index (χ0v) is 15.0. The van der Waals surface area contributed by atoms with Gasteiger partial charge in [0.15, 0.2) is 6.29 Å². The standard InChI is InChI=1S/C6H10O3.C6H14O2.C5H12/c1(5-3-8-5)7-2-6-4-9-6;1-2-3-4-5-6(7)8;1-5(2,3)4/h5-6H,1-4H2;6-8H,2-5H2,1H3;1-4H3. The number of epoxide rings is 2. The van der Waals surface area contributed by atoms with Crippen molar-refractivity contribution >= 4 is 0 Å². The van der Waals surface area contributed by atoms with Gasteiger partial charge in [0.05, 0.1) is 26.4 Å². The van der Waals surface area contributed by atoms with Gasteiger partial charge in [-0.25, -0.2) is 0 Å². The van der Waals surface area contributed by atoms with E-state index in [1.165, 1.54) is 0 Å². The topological polar surface area (TPSA) is 74.8 Å². The lowest BCUT2D eigenvalue weighted by molar-refractivity contribution is -0.0465. The molecule has 0 saturated carbocycles. The molecule has 2 N–H and O–H groups in total. The van der Waals surface area contributed by atoms with Gasteiger partial charge in [0.1, 0.15) is 12.2 Å². The summed E-state index contributed by atoms with van der Waals surface area (Å²) in [7, 11) is 0. The van der Waals surface area contributed by atoms with Crippen molar-refractivity contribution < 1.29 is 24.4 Å². The first kappa shape index (κ1) is 21.8. The maximum Gasteiger partial charge on any atom is 0.151 e. The Morgan fingerprint density at radius 1 is 1.00 bits per heavy atom. The average Bonchev–Trinajstić information content (AvgIpc) is 3.22. The first-order valence-electron chi connectivity index (χ1n) is 8.39. The highest BCUT2D eigenvalue weighted by Gasteiger charge is 2.26. The van der Waals surface area contributed by atoms with Crippen molar-refractivity contribution in [2.45, 2.75) is 78.8 Å². The third-order valence-electron chi connectivity index (χ3n) is 2.48. The Kier molecular flexibility index (Phi) is 12.1. The molecular weight excluding hydrogens is 284 g/mol. The molecule has 2 saturated heterocycles. The SMILES string of the molecule is C(OCC1CO1)C1CO1.CC(C)(C)C.CCCCCC(O)O. The van der Waals surface area contributed by atoms with Gasteiger partial charge in [-0.3, -0.25) is 0 Å². The number of hydrogen-bond acceptors (Lipinski definition) is 5. The third kappa shape index (κ3) is 24.8. The number of ether oxygens (including phenoxy) is 3. The largest absolute Gasteiger partial charge is 0.376 e. The van der Waals surface area contributed by atoms with Gasteiger partial charge < -0.3 is 24.4 Å². The van der Waals surface area contributed by atoms with Crippen molar-refractivity contribution in [1.82, 2.24) is 0 Å². The minimum atomic E-state index is -1.10. The lowest BCUT2D eigenvalue weighted by Crippen LogP contribution is -2.06. The molecule has 2 aliphatic heterocycles. The maximum atomic E-state index is 8.33. The molecule has 2 aliphatic rings. The summed E-state index contributed by atoms with van der Waals surface area (Å²) in [5.74, 6) is 0. The van der Waals surface area contributed by atoms with Gasteiger partial charge in [-0.1, -0.05) is 47.5 Å². The normalized spacial score (nSPS) is 22.4. The van der Waals surface area contributed by atoms with Crippen LogP contribution in [0.4, 0.5) is 0 Å². The minimum Gasteiger partial charge on any atom is -0.376 e. The first-order valence-corrected chi connectivity index (χ1v) is 8.39. The highest BCUT2D eigenvalue weighted by atomic mass is 16.6. The summed E-state index contributed by atoms with van der Waals surface area (Å²) in [5.41, 5.74) is 0.500. The van der Waals surface area contributed by atoms with E-state index in [1.807, 2.05) is 0 Å². The van der Waals surface area contributed by atoms with E-state index in [1.54, 1.807) is 0 Å². The van der Waals surface area contributed by atoms with Crippen LogP contribution in [0.3, 0.4) is 0 Å². The van der Waals surface area contributed by atoms with Gasteiger partial charge >= 0.3 is 0 Å². The molecule has 5 nitrogen and oxygen atoms in total. The monoisotopic (exact) mass is 320 g/mol. The van der Waals surface area contributed by atoms with Gasteiger partial charge in [0, 0.05) is 0 Å². The van der Waals surface area contributed by atoms with Gasteiger partial charge in [-0.15, -0.1) is 0 Å². The molecule has 0 spiro atoms. The molecule has 22 heavy (non-hydrogen) atoms. The van der Waals surface area contributed by atoms with E-state index in [4.69, 9.17) is 24.4 Å². The highest BCUT2D eigenvalue weighted by Crippen LogP contribution is 2.12.